The molecule has 0 aliphatic carbocycles. The normalized spacial score (nSPS) is 12.5. The third kappa shape index (κ3) is 4.10. The van der Waals surface area contributed by atoms with Gasteiger partial charge in [-0.15, -0.1) is 0 Å². The van der Waals surface area contributed by atoms with E-state index >= 15 is 0 Å². The molecule has 4 rings (SSSR count). The summed E-state index contributed by atoms with van der Waals surface area (Å²) in [4.78, 5) is 14.3. The Morgan fingerprint density at radius 3 is 1.67 bits per heavy atom. The van der Waals surface area contributed by atoms with Gasteiger partial charge in [-0.3, -0.25) is 0 Å². The van der Waals surface area contributed by atoms with Crippen molar-refractivity contribution in [2.24, 2.45) is 0 Å². The summed E-state index contributed by atoms with van der Waals surface area (Å²) in [5.41, 5.74) is 16.9. The molecule has 0 amide bonds. The van der Waals surface area contributed by atoms with Crippen LogP contribution in [0, 0.1) is 0 Å². The number of hydrogen-bond donors (Lipinski definition) is 6. The van der Waals surface area contributed by atoms with Gasteiger partial charge in [0, 0.05) is 29.3 Å². The van der Waals surface area contributed by atoms with Crippen molar-refractivity contribution in [3.63, 3.8) is 0 Å². The third-order valence-corrected chi connectivity index (χ3v) is 7.36. The maximum Gasteiger partial charge on any atom is 0.0857 e. The highest BCUT2D eigenvalue weighted by atomic mass is 14.9. The number of aromatic amines is 4. The lowest BCUT2D eigenvalue weighted by Gasteiger charge is -2.20. The van der Waals surface area contributed by atoms with E-state index in [0.29, 0.717) is 0 Å². The predicted octanol–water partition coefficient (Wildman–Crippen LogP) is 7.00. The SMILES string of the molecule is CCC(C)(C)c1cc(N)c(-c2ccc(-c3ccc(-c4[nH]c(C(C)(C)CC)cc4NC)[nH]3)[nH]2)[nH]1. The summed E-state index contributed by atoms with van der Waals surface area (Å²) in [5.74, 6) is 0. The minimum absolute atomic E-state index is 0.0579. The third-order valence-electron chi connectivity index (χ3n) is 7.36. The highest BCUT2D eigenvalue weighted by Crippen LogP contribution is 2.37. The van der Waals surface area contributed by atoms with E-state index in [1.54, 1.807) is 0 Å². The molecule has 0 saturated heterocycles. The Kier molecular flexibility index (Phi) is 5.72. The minimum Gasteiger partial charge on any atom is -0.397 e. The van der Waals surface area contributed by atoms with E-state index in [4.69, 9.17) is 5.73 Å². The zero-order valence-electron chi connectivity index (χ0n) is 21.0. The summed E-state index contributed by atoms with van der Waals surface area (Å²) in [6.45, 7) is 13.4. The summed E-state index contributed by atoms with van der Waals surface area (Å²) in [5, 5.41) is 3.33. The van der Waals surface area contributed by atoms with Crippen LogP contribution in [-0.4, -0.2) is 27.0 Å². The summed E-state index contributed by atoms with van der Waals surface area (Å²) in [7, 11) is 1.96. The van der Waals surface area contributed by atoms with Crippen LogP contribution in [0.4, 0.5) is 11.4 Å². The monoisotopic (exact) mass is 446 g/mol. The van der Waals surface area contributed by atoms with Gasteiger partial charge in [0.15, 0.2) is 0 Å². The first kappa shape index (κ1) is 22.9. The van der Waals surface area contributed by atoms with Crippen molar-refractivity contribution in [1.82, 2.24) is 19.9 Å². The Bertz CT molecular complexity index is 1240. The topological polar surface area (TPSA) is 101 Å². The maximum absolute atomic E-state index is 6.36. The Hall–Kier alpha value is -3.28. The Morgan fingerprint density at radius 2 is 1.15 bits per heavy atom. The van der Waals surface area contributed by atoms with E-state index in [-0.39, 0.29) is 10.8 Å². The smallest absolute Gasteiger partial charge is 0.0857 e. The molecule has 0 bridgehead atoms. The van der Waals surface area contributed by atoms with Crippen molar-refractivity contribution in [3.05, 3.63) is 47.8 Å². The van der Waals surface area contributed by atoms with Gasteiger partial charge in [-0.2, -0.15) is 0 Å². The van der Waals surface area contributed by atoms with Crippen LogP contribution in [0.2, 0.25) is 0 Å². The summed E-state index contributed by atoms with van der Waals surface area (Å²) >= 11 is 0. The van der Waals surface area contributed by atoms with E-state index in [9.17, 15) is 0 Å². The molecule has 6 nitrogen and oxygen atoms in total. The molecule has 0 unspecified atom stereocenters. The van der Waals surface area contributed by atoms with Gasteiger partial charge >= 0.3 is 0 Å². The second kappa shape index (κ2) is 8.25. The van der Waals surface area contributed by atoms with Crippen LogP contribution in [0.25, 0.3) is 34.2 Å². The lowest BCUT2D eigenvalue weighted by molar-refractivity contribution is 0.493. The highest BCUT2D eigenvalue weighted by Gasteiger charge is 2.24. The first-order valence-corrected chi connectivity index (χ1v) is 11.9. The molecular formula is C27H38N6. The second-order valence-corrected chi connectivity index (χ2v) is 10.3. The highest BCUT2D eigenvalue weighted by molar-refractivity contribution is 5.78. The van der Waals surface area contributed by atoms with E-state index in [1.165, 1.54) is 5.69 Å². The molecule has 7 N–H and O–H groups in total. The van der Waals surface area contributed by atoms with Gasteiger partial charge < -0.3 is 31.0 Å². The number of nitrogen functional groups attached to an aromatic ring is 1. The second-order valence-electron chi connectivity index (χ2n) is 10.3. The fourth-order valence-electron chi connectivity index (χ4n) is 4.06. The number of hydrogen-bond acceptors (Lipinski definition) is 2. The van der Waals surface area contributed by atoms with Crippen LogP contribution < -0.4 is 11.1 Å². The van der Waals surface area contributed by atoms with Crippen LogP contribution in [0.1, 0.15) is 65.8 Å². The molecule has 0 fully saturated rings. The number of rotatable bonds is 8. The molecule has 0 atom stereocenters. The Morgan fingerprint density at radius 1 is 0.697 bits per heavy atom. The van der Waals surface area contributed by atoms with E-state index < -0.39 is 0 Å². The van der Waals surface area contributed by atoms with Crippen molar-refractivity contribution in [1.29, 1.82) is 0 Å². The quantitative estimate of drug-likeness (QED) is 0.175. The zero-order chi connectivity index (χ0) is 24.0. The zero-order valence-corrected chi connectivity index (χ0v) is 21.0. The van der Waals surface area contributed by atoms with Crippen molar-refractivity contribution in [2.45, 2.75) is 65.2 Å². The van der Waals surface area contributed by atoms with Gasteiger partial charge in [0.1, 0.15) is 0 Å². The molecule has 0 aromatic carbocycles. The van der Waals surface area contributed by atoms with E-state index in [0.717, 1.165) is 64.1 Å². The first-order chi connectivity index (χ1) is 15.6. The van der Waals surface area contributed by atoms with Crippen molar-refractivity contribution in [2.75, 3.05) is 18.1 Å². The summed E-state index contributed by atoms with van der Waals surface area (Å²) < 4.78 is 0. The molecule has 0 spiro atoms. The van der Waals surface area contributed by atoms with Crippen LogP contribution in [-0.2, 0) is 10.8 Å². The molecule has 0 radical (unpaired) electrons. The number of anilines is 2. The number of H-pyrrole nitrogens is 4. The van der Waals surface area contributed by atoms with Gasteiger partial charge in [-0.05, 0) is 49.2 Å². The van der Waals surface area contributed by atoms with Crippen LogP contribution >= 0.6 is 0 Å². The molecule has 6 heteroatoms. The molecule has 0 aliphatic rings. The fourth-order valence-corrected chi connectivity index (χ4v) is 4.06. The average Bonchev–Trinajstić information content (AvgIpc) is 3.57. The Labute approximate surface area is 196 Å². The van der Waals surface area contributed by atoms with Gasteiger partial charge in [-0.25, -0.2) is 0 Å². The van der Waals surface area contributed by atoms with Gasteiger partial charge in [0.25, 0.3) is 0 Å². The maximum atomic E-state index is 6.36. The largest absolute Gasteiger partial charge is 0.397 e. The fraction of sp³-hybridized carbons (Fsp3) is 0.407. The number of nitrogens with one attached hydrogen (secondary N) is 5. The molecule has 176 valence electrons. The van der Waals surface area contributed by atoms with E-state index in [1.807, 2.05) is 7.05 Å². The first-order valence-electron chi connectivity index (χ1n) is 11.9. The van der Waals surface area contributed by atoms with Gasteiger partial charge in [0.2, 0.25) is 0 Å². The number of aromatic nitrogens is 4. The molecule has 33 heavy (non-hydrogen) atoms. The lowest BCUT2D eigenvalue weighted by atomic mass is 9.87. The van der Waals surface area contributed by atoms with Crippen LogP contribution in [0.3, 0.4) is 0 Å². The summed E-state index contributed by atoms with van der Waals surface area (Å²) in [6, 6.07) is 12.7. The van der Waals surface area contributed by atoms with Gasteiger partial charge in [0.05, 0.1) is 45.5 Å². The molecule has 0 aliphatic heterocycles. The van der Waals surface area contributed by atoms with Gasteiger partial charge in [-0.1, -0.05) is 41.5 Å². The molecule has 4 heterocycles. The molecular weight excluding hydrogens is 408 g/mol. The molecule has 4 aromatic heterocycles. The summed E-state index contributed by atoms with van der Waals surface area (Å²) in [6.07, 6.45) is 2.11. The van der Waals surface area contributed by atoms with Crippen molar-refractivity contribution >= 4 is 11.4 Å². The lowest BCUT2D eigenvalue weighted by Crippen LogP contribution is -2.15. The van der Waals surface area contributed by atoms with Crippen molar-refractivity contribution in [3.8, 4) is 34.2 Å². The minimum atomic E-state index is 0.0579. The predicted molar refractivity (Wildman–Crippen MR) is 141 cm³/mol. The Balaban J connectivity index is 1.65. The number of nitrogens with two attached hydrogens (primary N) is 1. The molecule has 0 saturated carbocycles. The van der Waals surface area contributed by atoms with Crippen LogP contribution in [0.15, 0.2) is 36.4 Å². The molecule has 4 aromatic rings. The van der Waals surface area contributed by atoms with E-state index in [2.05, 4.69) is 103 Å². The average molecular weight is 447 g/mol. The van der Waals surface area contributed by atoms with Crippen molar-refractivity contribution < 1.29 is 0 Å². The standard InChI is InChI=1S/C27H38N6/c1-8-26(3,4)22-14-16(28)24(32-22)19-12-10-17(30-19)18-11-13-20(31-18)25-21(29-7)15-23(33-25)27(5,6)9-2/h10-15,29-33H,8-9,28H2,1-7H3. The van der Waals surface area contributed by atoms with Crippen LogP contribution in [0.5, 0.6) is 0 Å².